The Hall–Kier alpha value is -3.34. The number of carbonyl (C=O) groups is 4. The van der Waals surface area contributed by atoms with Crippen LogP contribution in [0, 0.1) is 20.8 Å². The van der Waals surface area contributed by atoms with E-state index in [4.69, 9.17) is 33.2 Å². The summed E-state index contributed by atoms with van der Waals surface area (Å²) in [5.41, 5.74) is 2.31. The second-order valence-electron chi connectivity index (χ2n) is 8.39. The topological polar surface area (TPSA) is 133 Å². The summed E-state index contributed by atoms with van der Waals surface area (Å²) >= 11 is 0. The summed E-state index contributed by atoms with van der Waals surface area (Å²) < 4.78 is 39.3. The van der Waals surface area contributed by atoms with Crippen molar-refractivity contribution in [2.75, 3.05) is 13.2 Å². The Balaban J connectivity index is 2.56. The van der Waals surface area contributed by atoms with Crippen molar-refractivity contribution in [1.29, 1.82) is 0 Å². The molecule has 1 aromatic rings. The lowest BCUT2D eigenvalue weighted by atomic mass is 9.97. The Bertz CT molecular complexity index is 987. The third-order valence-corrected chi connectivity index (χ3v) is 5.46. The number of rotatable bonds is 9. The number of hydrogen-bond donors (Lipinski definition) is 0. The highest BCUT2D eigenvalue weighted by Crippen LogP contribution is 2.37. The predicted octanol–water partition coefficient (Wildman–Crippen LogP) is 2.47. The molecule has 1 aromatic carbocycles. The van der Waals surface area contributed by atoms with Crippen LogP contribution in [-0.2, 0) is 42.9 Å². The standard InChI is InChI=1S/C25H34O11/c1-9-30-19-10-12(2)21(14(4)13(19)3)36-25-24(34-18(8)29)23(33-17(7)28)22(32-16(6)27)20(35-25)11-31-15(5)26/h10,20,22-25H,9,11H2,1-8H3/t20-,22-,23+,24+,25-/m1/s1. The zero-order valence-corrected chi connectivity index (χ0v) is 21.9. The summed E-state index contributed by atoms with van der Waals surface area (Å²) in [6.07, 6.45) is -6.27. The van der Waals surface area contributed by atoms with Crippen molar-refractivity contribution in [3.05, 3.63) is 22.8 Å². The van der Waals surface area contributed by atoms with E-state index in [1.54, 1.807) is 0 Å². The molecule has 0 spiro atoms. The summed E-state index contributed by atoms with van der Waals surface area (Å²) in [7, 11) is 0. The number of esters is 4. The highest BCUT2D eigenvalue weighted by Gasteiger charge is 2.53. The van der Waals surface area contributed by atoms with Gasteiger partial charge in [-0.25, -0.2) is 0 Å². The minimum absolute atomic E-state index is 0.335. The Morgan fingerprint density at radius 2 is 1.36 bits per heavy atom. The molecule has 0 bridgehead atoms. The SMILES string of the molecule is CCOc1cc(C)c(O[C@H]2O[C@H](COC(C)=O)[C@@H](OC(C)=O)[C@H](OC(C)=O)[C@@H]2OC(C)=O)c(C)c1C. The highest BCUT2D eigenvalue weighted by molar-refractivity contribution is 5.68. The molecule has 0 saturated carbocycles. The van der Waals surface area contributed by atoms with Gasteiger partial charge in [0, 0.05) is 27.7 Å². The minimum Gasteiger partial charge on any atom is -0.494 e. The van der Waals surface area contributed by atoms with Gasteiger partial charge in [-0.2, -0.15) is 0 Å². The fraction of sp³-hybridized carbons (Fsp3) is 0.600. The molecule has 1 aliphatic rings. The lowest BCUT2D eigenvalue weighted by molar-refractivity contribution is -0.288. The van der Waals surface area contributed by atoms with E-state index in [0.717, 1.165) is 30.5 Å². The maximum Gasteiger partial charge on any atom is 0.303 e. The van der Waals surface area contributed by atoms with Crippen LogP contribution in [-0.4, -0.2) is 67.8 Å². The van der Waals surface area contributed by atoms with Gasteiger partial charge in [0.2, 0.25) is 12.4 Å². The van der Waals surface area contributed by atoms with E-state index in [1.165, 1.54) is 13.8 Å². The molecule has 0 amide bonds. The molecule has 0 aromatic heterocycles. The molecule has 1 saturated heterocycles. The maximum atomic E-state index is 12.0. The monoisotopic (exact) mass is 510 g/mol. The van der Waals surface area contributed by atoms with Crippen LogP contribution in [0.2, 0.25) is 0 Å². The van der Waals surface area contributed by atoms with Crippen LogP contribution in [0.4, 0.5) is 0 Å². The predicted molar refractivity (Wildman–Crippen MR) is 124 cm³/mol. The van der Waals surface area contributed by atoms with Gasteiger partial charge in [0.25, 0.3) is 0 Å². The first-order valence-corrected chi connectivity index (χ1v) is 11.6. The fourth-order valence-corrected chi connectivity index (χ4v) is 3.91. The molecular weight excluding hydrogens is 476 g/mol. The first-order chi connectivity index (χ1) is 16.8. The van der Waals surface area contributed by atoms with E-state index < -0.39 is 54.6 Å². The van der Waals surface area contributed by atoms with Crippen LogP contribution < -0.4 is 9.47 Å². The van der Waals surface area contributed by atoms with Gasteiger partial charge in [0.15, 0.2) is 12.2 Å². The van der Waals surface area contributed by atoms with Crippen molar-refractivity contribution >= 4 is 23.9 Å². The van der Waals surface area contributed by atoms with Gasteiger partial charge >= 0.3 is 23.9 Å². The quantitative estimate of drug-likeness (QED) is 0.358. The Morgan fingerprint density at radius 1 is 0.806 bits per heavy atom. The van der Waals surface area contributed by atoms with Crippen LogP contribution in [0.25, 0.3) is 0 Å². The van der Waals surface area contributed by atoms with Crippen molar-refractivity contribution < 1.29 is 52.3 Å². The van der Waals surface area contributed by atoms with Crippen molar-refractivity contribution in [2.45, 2.75) is 86.1 Å². The molecule has 11 heteroatoms. The van der Waals surface area contributed by atoms with Crippen LogP contribution >= 0.6 is 0 Å². The third-order valence-electron chi connectivity index (χ3n) is 5.46. The van der Waals surface area contributed by atoms with Crippen LogP contribution in [0.5, 0.6) is 11.5 Å². The normalized spacial score (nSPS) is 23.3. The number of benzene rings is 1. The molecule has 0 radical (unpaired) electrons. The largest absolute Gasteiger partial charge is 0.494 e. The maximum absolute atomic E-state index is 12.0. The van der Waals surface area contributed by atoms with Gasteiger partial charge in [0.05, 0.1) is 6.61 Å². The molecule has 0 N–H and O–H groups in total. The highest BCUT2D eigenvalue weighted by atomic mass is 16.7. The number of ether oxygens (including phenoxy) is 7. The van der Waals surface area contributed by atoms with Crippen LogP contribution in [0.1, 0.15) is 51.3 Å². The van der Waals surface area contributed by atoms with Crippen molar-refractivity contribution in [1.82, 2.24) is 0 Å². The van der Waals surface area contributed by atoms with Crippen molar-refractivity contribution in [3.8, 4) is 11.5 Å². The van der Waals surface area contributed by atoms with Crippen LogP contribution in [0.15, 0.2) is 6.07 Å². The second-order valence-corrected chi connectivity index (χ2v) is 8.39. The molecule has 1 fully saturated rings. The lowest BCUT2D eigenvalue weighted by Crippen LogP contribution is -2.63. The smallest absolute Gasteiger partial charge is 0.303 e. The third kappa shape index (κ3) is 7.33. The Labute approximate surface area is 210 Å². The van der Waals surface area contributed by atoms with E-state index in [2.05, 4.69) is 0 Å². The molecule has 36 heavy (non-hydrogen) atoms. The van der Waals surface area contributed by atoms with Gasteiger partial charge in [-0.3, -0.25) is 19.2 Å². The van der Waals surface area contributed by atoms with Crippen molar-refractivity contribution in [2.24, 2.45) is 0 Å². The summed E-state index contributed by atoms with van der Waals surface area (Å²) in [5.74, 6) is -1.59. The first-order valence-electron chi connectivity index (χ1n) is 11.6. The van der Waals surface area contributed by atoms with Crippen LogP contribution in [0.3, 0.4) is 0 Å². The molecule has 11 nitrogen and oxygen atoms in total. The van der Waals surface area contributed by atoms with Gasteiger partial charge in [-0.05, 0) is 50.5 Å². The lowest BCUT2D eigenvalue weighted by Gasteiger charge is -2.44. The van der Waals surface area contributed by atoms with E-state index >= 15 is 0 Å². The Morgan fingerprint density at radius 3 is 1.89 bits per heavy atom. The average molecular weight is 511 g/mol. The molecule has 2 rings (SSSR count). The zero-order chi connectivity index (χ0) is 27.2. The average Bonchev–Trinajstić information content (AvgIpc) is 2.76. The molecule has 1 aliphatic heterocycles. The summed E-state index contributed by atoms with van der Waals surface area (Å²) in [6.45, 7) is 12.3. The van der Waals surface area contributed by atoms with Gasteiger partial charge in [-0.15, -0.1) is 0 Å². The number of aryl methyl sites for hydroxylation is 1. The zero-order valence-electron chi connectivity index (χ0n) is 21.9. The molecular formula is C25H34O11. The van der Waals surface area contributed by atoms with Gasteiger partial charge in [0.1, 0.15) is 24.2 Å². The summed E-state index contributed by atoms with van der Waals surface area (Å²) in [4.78, 5) is 47.3. The molecule has 5 atom stereocenters. The molecule has 0 unspecified atom stereocenters. The molecule has 1 heterocycles. The Kier molecular flexibility index (Phi) is 10.1. The first kappa shape index (κ1) is 28.9. The number of hydrogen-bond acceptors (Lipinski definition) is 11. The summed E-state index contributed by atoms with van der Waals surface area (Å²) in [5, 5.41) is 0. The van der Waals surface area contributed by atoms with E-state index in [0.29, 0.717) is 18.1 Å². The van der Waals surface area contributed by atoms with E-state index in [1.807, 2.05) is 33.8 Å². The van der Waals surface area contributed by atoms with E-state index in [-0.39, 0.29) is 6.61 Å². The summed E-state index contributed by atoms with van der Waals surface area (Å²) in [6, 6.07) is 1.81. The number of carbonyl (C=O) groups excluding carboxylic acids is 4. The second kappa shape index (κ2) is 12.6. The molecule has 0 aliphatic carbocycles. The van der Waals surface area contributed by atoms with Gasteiger partial charge < -0.3 is 33.2 Å². The minimum atomic E-state index is -1.31. The van der Waals surface area contributed by atoms with E-state index in [9.17, 15) is 19.2 Å². The van der Waals surface area contributed by atoms with Crippen molar-refractivity contribution in [3.63, 3.8) is 0 Å². The van der Waals surface area contributed by atoms with Gasteiger partial charge in [-0.1, -0.05) is 0 Å². The fourth-order valence-electron chi connectivity index (χ4n) is 3.91. The molecule has 200 valence electrons.